The minimum absolute atomic E-state index is 0.0698. The Labute approximate surface area is 165 Å². The Balaban J connectivity index is 1.53. The van der Waals surface area contributed by atoms with E-state index >= 15 is 0 Å². The smallest absolute Gasteiger partial charge is 0.224 e. The third kappa shape index (κ3) is 4.79. The highest BCUT2D eigenvalue weighted by Crippen LogP contribution is 2.20. The van der Waals surface area contributed by atoms with E-state index in [0.29, 0.717) is 26.1 Å². The van der Waals surface area contributed by atoms with Crippen molar-refractivity contribution >= 4 is 23.3 Å². The maximum Gasteiger partial charge on any atom is 0.224 e. The minimum Gasteiger partial charge on any atom is -0.497 e. The van der Waals surface area contributed by atoms with Gasteiger partial charge in [0.25, 0.3) is 0 Å². The topological polar surface area (TPSA) is 66.0 Å². The van der Waals surface area contributed by atoms with Crippen molar-refractivity contribution in [1.29, 1.82) is 0 Å². The molecule has 1 aromatic heterocycles. The number of carbonyl (C=O) groups excluding carboxylic acids is 2. The Kier molecular flexibility index (Phi) is 6.47. The second kappa shape index (κ2) is 9.21. The Morgan fingerprint density at radius 3 is 2.36 bits per heavy atom. The first-order valence-corrected chi connectivity index (χ1v) is 9.44. The number of nitrogens with zero attached hydrogens (tertiary/aromatic N) is 4. The Morgan fingerprint density at radius 2 is 1.79 bits per heavy atom. The van der Waals surface area contributed by atoms with Crippen molar-refractivity contribution in [3.05, 3.63) is 48.7 Å². The van der Waals surface area contributed by atoms with Crippen LogP contribution in [-0.2, 0) is 9.59 Å². The first-order chi connectivity index (χ1) is 13.6. The van der Waals surface area contributed by atoms with Gasteiger partial charge in [-0.05, 0) is 36.4 Å². The van der Waals surface area contributed by atoms with Crippen molar-refractivity contribution in [2.45, 2.75) is 13.3 Å². The predicted molar refractivity (Wildman–Crippen MR) is 109 cm³/mol. The van der Waals surface area contributed by atoms with Crippen molar-refractivity contribution in [2.24, 2.45) is 0 Å². The molecule has 0 N–H and O–H groups in total. The highest BCUT2D eigenvalue weighted by molar-refractivity contribution is 5.92. The summed E-state index contributed by atoms with van der Waals surface area (Å²) in [5.74, 6) is 1.66. The zero-order valence-electron chi connectivity index (χ0n) is 16.4. The van der Waals surface area contributed by atoms with Gasteiger partial charge in [-0.25, -0.2) is 4.98 Å². The fraction of sp³-hybridized carbons (Fsp3) is 0.381. The zero-order chi connectivity index (χ0) is 19.9. The maximum atomic E-state index is 12.6. The van der Waals surface area contributed by atoms with Gasteiger partial charge in [0.05, 0.1) is 7.11 Å². The third-order valence-corrected chi connectivity index (χ3v) is 4.92. The van der Waals surface area contributed by atoms with E-state index in [1.54, 1.807) is 18.2 Å². The molecule has 3 rings (SSSR count). The molecule has 148 valence electrons. The average molecular weight is 382 g/mol. The minimum atomic E-state index is -0.0852. The summed E-state index contributed by atoms with van der Waals surface area (Å²) in [7, 11) is 1.60. The van der Waals surface area contributed by atoms with Gasteiger partial charge in [-0.15, -0.1) is 0 Å². The summed E-state index contributed by atoms with van der Waals surface area (Å²) in [6.07, 6.45) is 2.08. The van der Waals surface area contributed by atoms with E-state index in [9.17, 15) is 9.59 Å². The van der Waals surface area contributed by atoms with Crippen molar-refractivity contribution in [3.8, 4) is 5.75 Å². The molecule has 28 heavy (non-hydrogen) atoms. The molecule has 7 nitrogen and oxygen atoms in total. The molecule has 0 bridgehead atoms. The second-order valence-corrected chi connectivity index (χ2v) is 6.67. The summed E-state index contributed by atoms with van der Waals surface area (Å²) in [5, 5.41) is 0. The maximum absolute atomic E-state index is 12.6. The predicted octanol–water partition coefficient (Wildman–Crippen LogP) is 2.18. The molecular weight excluding hydrogens is 356 g/mol. The zero-order valence-corrected chi connectivity index (χ0v) is 16.4. The number of benzene rings is 1. The van der Waals surface area contributed by atoms with E-state index in [2.05, 4.69) is 9.88 Å². The molecule has 0 aliphatic carbocycles. The first-order valence-electron chi connectivity index (χ1n) is 9.44. The Bertz CT molecular complexity index is 787. The van der Waals surface area contributed by atoms with Crippen LogP contribution in [0.25, 0.3) is 0 Å². The van der Waals surface area contributed by atoms with E-state index in [1.807, 2.05) is 47.4 Å². The van der Waals surface area contributed by atoms with Crippen molar-refractivity contribution in [3.63, 3.8) is 0 Å². The Hall–Kier alpha value is -3.09. The summed E-state index contributed by atoms with van der Waals surface area (Å²) >= 11 is 0. The standard InChI is InChI=1S/C21H26N4O3/c1-17(26)25(18-6-8-19(28-2)9-7-18)12-10-21(27)24-15-13-23(14-16-24)20-5-3-4-11-22-20/h3-9,11H,10,12-16H2,1-2H3. The molecule has 2 heterocycles. The average Bonchev–Trinajstić information content (AvgIpc) is 2.74. The number of hydrogen-bond donors (Lipinski definition) is 0. The van der Waals surface area contributed by atoms with Crippen LogP contribution in [-0.4, -0.2) is 61.5 Å². The molecule has 2 amide bonds. The molecule has 1 saturated heterocycles. The number of pyridine rings is 1. The lowest BCUT2D eigenvalue weighted by atomic mass is 10.2. The number of rotatable bonds is 6. The van der Waals surface area contributed by atoms with E-state index < -0.39 is 0 Å². The van der Waals surface area contributed by atoms with E-state index in [0.717, 1.165) is 30.3 Å². The highest BCUT2D eigenvalue weighted by Gasteiger charge is 2.23. The quantitative estimate of drug-likeness (QED) is 0.766. The van der Waals surface area contributed by atoms with Crippen molar-refractivity contribution in [2.75, 3.05) is 49.6 Å². The summed E-state index contributed by atoms with van der Waals surface area (Å²) in [4.78, 5) is 34.7. The van der Waals surface area contributed by atoms with Gasteiger partial charge in [-0.2, -0.15) is 0 Å². The fourth-order valence-corrected chi connectivity index (χ4v) is 3.32. The van der Waals surface area contributed by atoms with Gasteiger partial charge in [0.1, 0.15) is 11.6 Å². The fourth-order valence-electron chi connectivity index (χ4n) is 3.32. The summed E-state index contributed by atoms with van der Waals surface area (Å²) in [6.45, 7) is 4.73. The van der Waals surface area contributed by atoms with E-state index in [1.165, 1.54) is 6.92 Å². The summed E-state index contributed by atoms with van der Waals surface area (Å²) in [5.41, 5.74) is 0.765. The van der Waals surface area contributed by atoms with Gasteiger partial charge >= 0.3 is 0 Å². The molecule has 0 unspecified atom stereocenters. The summed E-state index contributed by atoms with van der Waals surface area (Å²) < 4.78 is 5.15. The molecular formula is C21H26N4O3. The monoisotopic (exact) mass is 382 g/mol. The van der Waals surface area contributed by atoms with Crippen LogP contribution in [0.3, 0.4) is 0 Å². The molecule has 7 heteroatoms. The number of aromatic nitrogens is 1. The largest absolute Gasteiger partial charge is 0.497 e. The molecule has 2 aromatic rings. The lowest BCUT2D eigenvalue weighted by Crippen LogP contribution is -2.49. The van der Waals surface area contributed by atoms with Gasteiger partial charge in [-0.3, -0.25) is 9.59 Å². The SMILES string of the molecule is COc1ccc(N(CCC(=O)N2CCN(c3ccccn3)CC2)C(C)=O)cc1. The van der Waals surface area contributed by atoms with Crippen LogP contribution < -0.4 is 14.5 Å². The van der Waals surface area contributed by atoms with Gasteiger partial charge < -0.3 is 19.4 Å². The first kappa shape index (κ1) is 19.7. The molecule has 0 radical (unpaired) electrons. The van der Waals surface area contributed by atoms with Crippen molar-refractivity contribution < 1.29 is 14.3 Å². The highest BCUT2D eigenvalue weighted by atomic mass is 16.5. The molecule has 0 spiro atoms. The van der Waals surface area contributed by atoms with E-state index in [-0.39, 0.29) is 11.8 Å². The molecule has 0 saturated carbocycles. The molecule has 1 aromatic carbocycles. The Morgan fingerprint density at radius 1 is 1.07 bits per heavy atom. The van der Waals surface area contributed by atoms with Crippen LogP contribution >= 0.6 is 0 Å². The molecule has 1 fully saturated rings. The van der Waals surface area contributed by atoms with Crippen LogP contribution in [0.2, 0.25) is 0 Å². The normalized spacial score (nSPS) is 13.9. The lowest BCUT2D eigenvalue weighted by molar-refractivity contribution is -0.131. The third-order valence-electron chi connectivity index (χ3n) is 4.92. The van der Waals surface area contributed by atoms with Crippen LogP contribution in [0.5, 0.6) is 5.75 Å². The van der Waals surface area contributed by atoms with Crippen molar-refractivity contribution in [1.82, 2.24) is 9.88 Å². The number of ether oxygens (including phenoxy) is 1. The van der Waals surface area contributed by atoms with E-state index in [4.69, 9.17) is 4.74 Å². The van der Waals surface area contributed by atoms with Gasteiger partial charge in [-0.1, -0.05) is 6.07 Å². The second-order valence-electron chi connectivity index (χ2n) is 6.67. The number of amides is 2. The van der Waals surface area contributed by atoms with Gasteiger partial charge in [0, 0.05) is 58.0 Å². The lowest BCUT2D eigenvalue weighted by Gasteiger charge is -2.35. The number of methoxy groups -OCH3 is 1. The van der Waals surface area contributed by atoms with Gasteiger partial charge in [0.15, 0.2) is 0 Å². The van der Waals surface area contributed by atoms with Crippen LogP contribution in [0, 0.1) is 0 Å². The number of hydrogen-bond acceptors (Lipinski definition) is 5. The van der Waals surface area contributed by atoms with Crippen LogP contribution in [0.4, 0.5) is 11.5 Å². The van der Waals surface area contributed by atoms with Crippen LogP contribution in [0.1, 0.15) is 13.3 Å². The number of anilines is 2. The molecule has 1 aliphatic heterocycles. The summed E-state index contributed by atoms with van der Waals surface area (Å²) in [6, 6.07) is 13.1. The molecule has 0 atom stereocenters. The van der Waals surface area contributed by atoms with Gasteiger partial charge in [0.2, 0.25) is 11.8 Å². The number of carbonyl (C=O) groups is 2. The number of piperazine rings is 1. The van der Waals surface area contributed by atoms with Crippen LogP contribution in [0.15, 0.2) is 48.7 Å². The molecule has 1 aliphatic rings.